The van der Waals surface area contributed by atoms with Crippen molar-refractivity contribution in [3.8, 4) is 11.8 Å². The van der Waals surface area contributed by atoms with Gasteiger partial charge < -0.3 is 14.5 Å². The van der Waals surface area contributed by atoms with Crippen molar-refractivity contribution in [2.45, 2.75) is 6.92 Å². The quantitative estimate of drug-likeness (QED) is 0.646. The molecule has 1 heterocycles. The van der Waals surface area contributed by atoms with Gasteiger partial charge in [-0.1, -0.05) is 0 Å². The van der Waals surface area contributed by atoms with Gasteiger partial charge in [-0.25, -0.2) is 0 Å². The number of hydrogen-bond acceptors (Lipinski definition) is 4. The van der Waals surface area contributed by atoms with Crippen molar-refractivity contribution in [2.24, 2.45) is 0 Å². The number of halogens is 1. The van der Waals surface area contributed by atoms with Crippen molar-refractivity contribution in [3.63, 3.8) is 0 Å². The SMILES string of the molecule is CCOc1ccc(NC(=O)C(C#N)=Cc2ccc(Br)o2)cc1. The summed E-state index contributed by atoms with van der Waals surface area (Å²) in [4.78, 5) is 12.1. The fraction of sp³-hybridized carbons (Fsp3) is 0.125. The molecule has 6 heteroatoms. The number of nitrogens with zero attached hydrogens (tertiary/aromatic N) is 1. The fourth-order valence-electron chi connectivity index (χ4n) is 1.70. The average molecular weight is 361 g/mol. The molecule has 5 nitrogen and oxygen atoms in total. The maximum atomic E-state index is 12.1. The van der Waals surface area contributed by atoms with Crippen molar-refractivity contribution in [1.29, 1.82) is 5.26 Å². The number of hydrogen-bond donors (Lipinski definition) is 1. The van der Waals surface area contributed by atoms with Gasteiger partial charge in [-0.3, -0.25) is 4.79 Å². The Morgan fingerprint density at radius 1 is 1.36 bits per heavy atom. The van der Waals surface area contributed by atoms with Gasteiger partial charge in [-0.2, -0.15) is 5.26 Å². The Labute approximate surface area is 136 Å². The van der Waals surface area contributed by atoms with Gasteiger partial charge in [0, 0.05) is 11.8 Å². The standard InChI is InChI=1S/C16H13BrN2O3/c1-2-21-13-5-3-12(4-6-13)19-16(20)11(10-18)9-14-7-8-15(17)22-14/h3-9H,2H2,1H3,(H,19,20). The highest BCUT2D eigenvalue weighted by Crippen LogP contribution is 2.19. The molecule has 0 saturated carbocycles. The number of amides is 1. The number of nitrogens with one attached hydrogen (secondary N) is 1. The first kappa shape index (κ1) is 15.9. The van der Waals surface area contributed by atoms with E-state index in [9.17, 15) is 4.79 Å². The molecule has 0 fully saturated rings. The minimum atomic E-state index is -0.501. The van der Waals surface area contributed by atoms with Gasteiger partial charge in [-0.05, 0) is 59.3 Å². The zero-order valence-corrected chi connectivity index (χ0v) is 13.4. The lowest BCUT2D eigenvalue weighted by Crippen LogP contribution is -2.13. The van der Waals surface area contributed by atoms with Crippen LogP contribution in [0.2, 0.25) is 0 Å². The lowest BCUT2D eigenvalue weighted by Gasteiger charge is -2.06. The lowest BCUT2D eigenvalue weighted by atomic mass is 10.2. The highest BCUT2D eigenvalue weighted by molar-refractivity contribution is 9.10. The Morgan fingerprint density at radius 2 is 2.09 bits per heavy atom. The van der Waals surface area contributed by atoms with E-state index in [1.807, 2.05) is 13.0 Å². The minimum Gasteiger partial charge on any atom is -0.494 e. The third-order valence-corrected chi connectivity index (χ3v) is 3.10. The molecule has 0 saturated heterocycles. The molecule has 1 amide bonds. The number of carbonyl (C=O) groups excluding carboxylic acids is 1. The van der Waals surface area contributed by atoms with Crippen molar-refractivity contribution in [1.82, 2.24) is 0 Å². The van der Waals surface area contributed by atoms with Crippen LogP contribution in [0.4, 0.5) is 5.69 Å². The predicted molar refractivity (Wildman–Crippen MR) is 86.2 cm³/mol. The van der Waals surface area contributed by atoms with Crippen molar-refractivity contribution >= 4 is 33.6 Å². The van der Waals surface area contributed by atoms with E-state index in [4.69, 9.17) is 14.4 Å². The highest BCUT2D eigenvalue weighted by Gasteiger charge is 2.10. The maximum Gasteiger partial charge on any atom is 0.266 e. The number of ether oxygens (including phenoxy) is 1. The Morgan fingerprint density at radius 3 is 2.64 bits per heavy atom. The third kappa shape index (κ3) is 4.24. The molecule has 1 N–H and O–H groups in total. The van der Waals surface area contributed by atoms with Gasteiger partial charge in [0.1, 0.15) is 23.2 Å². The van der Waals surface area contributed by atoms with Crippen LogP contribution in [0.5, 0.6) is 5.75 Å². The van der Waals surface area contributed by atoms with E-state index in [1.54, 1.807) is 36.4 Å². The monoisotopic (exact) mass is 360 g/mol. The van der Waals surface area contributed by atoms with Crippen LogP contribution in [0.15, 0.2) is 51.1 Å². The van der Waals surface area contributed by atoms with E-state index in [2.05, 4.69) is 21.2 Å². The Bertz CT molecular complexity index is 727. The van der Waals surface area contributed by atoms with Crippen LogP contribution >= 0.6 is 15.9 Å². The molecule has 0 atom stereocenters. The number of anilines is 1. The van der Waals surface area contributed by atoms with Crippen LogP contribution in [-0.4, -0.2) is 12.5 Å². The molecule has 1 aromatic heterocycles. The second-order valence-electron chi connectivity index (χ2n) is 4.22. The lowest BCUT2D eigenvalue weighted by molar-refractivity contribution is -0.112. The average Bonchev–Trinajstić information content (AvgIpc) is 2.92. The first-order valence-corrected chi connectivity index (χ1v) is 7.33. The summed E-state index contributed by atoms with van der Waals surface area (Å²) in [5.41, 5.74) is 0.533. The van der Waals surface area contributed by atoms with Gasteiger partial charge >= 0.3 is 0 Å². The number of benzene rings is 1. The molecule has 0 bridgehead atoms. The summed E-state index contributed by atoms with van der Waals surface area (Å²) >= 11 is 3.16. The van der Waals surface area contributed by atoms with E-state index in [0.717, 1.165) is 5.75 Å². The molecule has 0 aliphatic heterocycles. The van der Waals surface area contributed by atoms with Gasteiger partial charge in [0.2, 0.25) is 0 Å². The molecule has 2 rings (SSSR count). The van der Waals surface area contributed by atoms with Gasteiger partial charge in [0.15, 0.2) is 4.67 Å². The Kier molecular flexibility index (Phi) is 5.39. The molecule has 0 aliphatic carbocycles. The smallest absolute Gasteiger partial charge is 0.266 e. The molecule has 0 unspecified atom stereocenters. The van der Waals surface area contributed by atoms with Gasteiger partial charge in [-0.15, -0.1) is 0 Å². The number of rotatable bonds is 5. The van der Waals surface area contributed by atoms with Crippen molar-refractivity contribution in [3.05, 3.63) is 52.4 Å². The van der Waals surface area contributed by atoms with Gasteiger partial charge in [0.25, 0.3) is 5.91 Å². The number of carbonyl (C=O) groups is 1. The van der Waals surface area contributed by atoms with Crippen LogP contribution in [0.3, 0.4) is 0 Å². The van der Waals surface area contributed by atoms with Crippen molar-refractivity contribution < 1.29 is 13.9 Å². The molecule has 1 aromatic carbocycles. The second-order valence-corrected chi connectivity index (χ2v) is 5.00. The fourth-order valence-corrected chi connectivity index (χ4v) is 2.02. The summed E-state index contributed by atoms with van der Waals surface area (Å²) < 4.78 is 11.1. The topological polar surface area (TPSA) is 75.3 Å². The Balaban J connectivity index is 2.09. The summed E-state index contributed by atoms with van der Waals surface area (Å²) in [6.45, 7) is 2.47. The number of nitriles is 1. The van der Waals surface area contributed by atoms with Crippen molar-refractivity contribution in [2.75, 3.05) is 11.9 Å². The zero-order chi connectivity index (χ0) is 15.9. The maximum absolute atomic E-state index is 12.1. The van der Waals surface area contributed by atoms with Crippen LogP contribution < -0.4 is 10.1 Å². The number of furan rings is 1. The molecule has 0 spiro atoms. The predicted octanol–water partition coefficient (Wildman–Crippen LogP) is 3.99. The first-order chi connectivity index (χ1) is 10.6. The normalized spacial score (nSPS) is 10.9. The van der Waals surface area contributed by atoms with Crippen LogP contribution in [0, 0.1) is 11.3 Å². The summed E-state index contributed by atoms with van der Waals surface area (Å²) in [6, 6.07) is 12.1. The first-order valence-electron chi connectivity index (χ1n) is 6.53. The molecule has 2 aromatic rings. The van der Waals surface area contributed by atoms with E-state index in [-0.39, 0.29) is 5.57 Å². The van der Waals surface area contributed by atoms with Crippen LogP contribution in [0.1, 0.15) is 12.7 Å². The molecule has 0 aliphatic rings. The minimum absolute atomic E-state index is 0.0456. The summed E-state index contributed by atoms with van der Waals surface area (Å²) in [5.74, 6) is 0.640. The van der Waals surface area contributed by atoms with E-state index < -0.39 is 5.91 Å². The molecular formula is C16H13BrN2O3. The Hall–Kier alpha value is -2.52. The molecule has 22 heavy (non-hydrogen) atoms. The summed E-state index contributed by atoms with van der Waals surface area (Å²) in [7, 11) is 0. The molecule has 0 radical (unpaired) electrons. The van der Waals surface area contributed by atoms with Crippen LogP contribution in [-0.2, 0) is 4.79 Å². The van der Waals surface area contributed by atoms with Gasteiger partial charge in [0.05, 0.1) is 6.61 Å². The van der Waals surface area contributed by atoms with Crippen LogP contribution in [0.25, 0.3) is 6.08 Å². The largest absolute Gasteiger partial charge is 0.494 e. The second kappa shape index (κ2) is 7.48. The zero-order valence-electron chi connectivity index (χ0n) is 11.8. The van der Waals surface area contributed by atoms with E-state index in [0.29, 0.717) is 22.7 Å². The molecular weight excluding hydrogens is 348 g/mol. The summed E-state index contributed by atoms with van der Waals surface area (Å²) in [5, 5.41) is 11.8. The summed E-state index contributed by atoms with van der Waals surface area (Å²) in [6.07, 6.45) is 1.38. The highest BCUT2D eigenvalue weighted by atomic mass is 79.9. The molecule has 112 valence electrons. The van der Waals surface area contributed by atoms with E-state index >= 15 is 0 Å². The third-order valence-electron chi connectivity index (χ3n) is 2.67. The van der Waals surface area contributed by atoms with E-state index in [1.165, 1.54) is 6.08 Å².